The molecule has 3 aromatic rings. The van der Waals surface area contributed by atoms with Crippen LogP contribution in [0.15, 0.2) is 29.3 Å². The third kappa shape index (κ3) is 4.93. The molecule has 0 unspecified atom stereocenters. The Balaban J connectivity index is 0.00000176. The molecule has 0 radical (unpaired) electrons. The fourth-order valence-electron chi connectivity index (χ4n) is 3.08. The van der Waals surface area contributed by atoms with Gasteiger partial charge < -0.3 is 9.88 Å². The number of hydrogen-bond acceptors (Lipinski definition) is 5. The Morgan fingerprint density at radius 1 is 1.19 bits per heavy atom. The van der Waals surface area contributed by atoms with Gasteiger partial charge in [0, 0.05) is 25.2 Å². The van der Waals surface area contributed by atoms with Gasteiger partial charge in [-0.3, -0.25) is 4.79 Å². The second kappa shape index (κ2) is 9.27. The van der Waals surface area contributed by atoms with E-state index in [4.69, 9.17) is 0 Å². The Bertz CT molecular complexity index is 1270. The van der Waals surface area contributed by atoms with Crippen molar-refractivity contribution in [2.75, 3.05) is 11.1 Å². The number of halogens is 3. The van der Waals surface area contributed by atoms with Crippen molar-refractivity contribution >= 4 is 32.5 Å². The van der Waals surface area contributed by atoms with Gasteiger partial charge in [-0.05, 0) is 30.7 Å². The first-order valence-electron chi connectivity index (χ1n) is 9.90. The van der Waals surface area contributed by atoms with Gasteiger partial charge in [0.2, 0.25) is 5.91 Å². The summed E-state index contributed by atoms with van der Waals surface area (Å²) in [7, 11) is -2.17. The largest absolute Gasteiger partial charge is 0.433 e. The SMILES string of the molecule is CC.CCS(=O)(=O)c1cc(NC(C)=O)c(C)cc1-c1nc2cc(C(F)(F)F)ncc2n1C. The predicted molar refractivity (Wildman–Crippen MR) is 117 cm³/mol. The molecule has 11 heteroatoms. The maximum atomic E-state index is 13.0. The Kier molecular flexibility index (Phi) is 7.33. The number of anilines is 1. The molecule has 0 bridgehead atoms. The molecule has 0 fully saturated rings. The van der Waals surface area contributed by atoms with Crippen LogP contribution < -0.4 is 5.32 Å². The van der Waals surface area contributed by atoms with Gasteiger partial charge in [0.05, 0.1) is 27.9 Å². The van der Waals surface area contributed by atoms with Crippen molar-refractivity contribution in [3.63, 3.8) is 0 Å². The standard InChI is InChI=1S/C19H19F3N4O3S.C2H6/c1-5-30(28,29)16-7-13(24-11(3)27)10(2)6-12(16)18-25-14-8-17(19(20,21)22)23-9-15(14)26(18)4;1-2/h6-9H,5H2,1-4H3,(H,24,27);1-2H3. The highest BCUT2D eigenvalue weighted by Crippen LogP contribution is 2.35. The number of amides is 1. The van der Waals surface area contributed by atoms with Crippen LogP contribution in [0.4, 0.5) is 18.9 Å². The smallest absolute Gasteiger partial charge is 0.326 e. The molecule has 1 N–H and O–H groups in total. The van der Waals surface area contributed by atoms with Crippen LogP contribution in [0.3, 0.4) is 0 Å². The molecule has 0 aliphatic heterocycles. The molecular weight excluding hydrogens is 445 g/mol. The van der Waals surface area contributed by atoms with Gasteiger partial charge in [0.15, 0.2) is 9.84 Å². The highest BCUT2D eigenvalue weighted by Gasteiger charge is 2.33. The van der Waals surface area contributed by atoms with Crippen LogP contribution >= 0.6 is 0 Å². The first kappa shape index (κ1) is 25.3. The van der Waals surface area contributed by atoms with Crippen LogP contribution in [0.25, 0.3) is 22.4 Å². The van der Waals surface area contributed by atoms with Gasteiger partial charge in [0.1, 0.15) is 11.5 Å². The summed E-state index contributed by atoms with van der Waals surface area (Å²) in [4.78, 5) is 19.1. The number of nitrogens with zero attached hydrogens (tertiary/aromatic N) is 3. The van der Waals surface area contributed by atoms with Crippen LogP contribution in [0.1, 0.15) is 39.0 Å². The van der Waals surface area contributed by atoms with Crippen LogP contribution in [0.5, 0.6) is 0 Å². The number of benzene rings is 1. The molecule has 7 nitrogen and oxygen atoms in total. The van der Waals surface area contributed by atoms with Crippen molar-refractivity contribution in [2.24, 2.45) is 7.05 Å². The van der Waals surface area contributed by atoms with Crippen LogP contribution in [-0.2, 0) is 27.9 Å². The number of carbonyl (C=O) groups is 1. The van der Waals surface area contributed by atoms with E-state index in [0.717, 1.165) is 12.3 Å². The summed E-state index contributed by atoms with van der Waals surface area (Å²) in [5.74, 6) is -0.387. The van der Waals surface area contributed by atoms with Crippen LogP contribution in [0, 0.1) is 6.92 Å². The second-order valence-corrected chi connectivity index (χ2v) is 9.05. The first-order chi connectivity index (χ1) is 14.8. The molecule has 0 aliphatic rings. The molecule has 0 atom stereocenters. The van der Waals surface area contributed by atoms with E-state index in [1.165, 1.54) is 24.5 Å². The molecule has 2 heterocycles. The monoisotopic (exact) mass is 470 g/mol. The van der Waals surface area contributed by atoms with E-state index in [1.54, 1.807) is 20.0 Å². The van der Waals surface area contributed by atoms with Gasteiger partial charge in [-0.2, -0.15) is 13.2 Å². The number of rotatable bonds is 4. The number of alkyl halides is 3. The van der Waals surface area contributed by atoms with Gasteiger partial charge >= 0.3 is 6.18 Å². The molecule has 2 aromatic heterocycles. The molecule has 0 saturated heterocycles. The van der Waals surface area contributed by atoms with E-state index in [0.29, 0.717) is 16.8 Å². The number of imidazole rings is 1. The van der Waals surface area contributed by atoms with E-state index in [9.17, 15) is 26.4 Å². The number of nitrogens with one attached hydrogen (secondary N) is 1. The molecule has 174 valence electrons. The Morgan fingerprint density at radius 3 is 2.34 bits per heavy atom. The van der Waals surface area contributed by atoms with E-state index in [2.05, 4.69) is 15.3 Å². The average molecular weight is 471 g/mol. The minimum absolute atomic E-state index is 0.0401. The van der Waals surface area contributed by atoms with E-state index >= 15 is 0 Å². The van der Waals surface area contributed by atoms with Crippen molar-refractivity contribution in [2.45, 2.75) is 45.7 Å². The average Bonchev–Trinajstić information content (AvgIpc) is 3.05. The van der Waals surface area contributed by atoms with Gasteiger partial charge in [-0.1, -0.05) is 20.8 Å². The summed E-state index contributed by atoms with van der Waals surface area (Å²) in [5.41, 5.74) is 0.420. The lowest BCUT2D eigenvalue weighted by Crippen LogP contribution is -2.12. The van der Waals surface area contributed by atoms with Crippen molar-refractivity contribution in [3.8, 4) is 11.4 Å². The van der Waals surface area contributed by atoms with Crippen molar-refractivity contribution in [1.82, 2.24) is 14.5 Å². The number of pyridine rings is 1. The molecule has 3 rings (SSSR count). The molecule has 0 aliphatic carbocycles. The van der Waals surface area contributed by atoms with Crippen molar-refractivity contribution in [1.29, 1.82) is 0 Å². The minimum Gasteiger partial charge on any atom is -0.326 e. The number of aryl methyl sites for hydroxylation is 2. The molecule has 1 aromatic carbocycles. The Morgan fingerprint density at radius 2 is 1.81 bits per heavy atom. The van der Waals surface area contributed by atoms with Gasteiger partial charge in [-0.15, -0.1) is 0 Å². The minimum atomic E-state index is -4.63. The van der Waals surface area contributed by atoms with E-state index < -0.39 is 21.7 Å². The zero-order chi connectivity index (χ0) is 24.4. The molecule has 0 saturated carbocycles. The van der Waals surface area contributed by atoms with E-state index in [-0.39, 0.29) is 33.5 Å². The summed E-state index contributed by atoms with van der Waals surface area (Å²) < 4.78 is 66.0. The zero-order valence-corrected chi connectivity index (χ0v) is 19.4. The molecule has 32 heavy (non-hydrogen) atoms. The number of carbonyl (C=O) groups excluding carboxylic acids is 1. The number of sulfone groups is 1. The number of hydrogen-bond donors (Lipinski definition) is 1. The molecule has 0 spiro atoms. The fourth-order valence-corrected chi connectivity index (χ4v) is 4.18. The summed E-state index contributed by atoms with van der Waals surface area (Å²) >= 11 is 0. The van der Waals surface area contributed by atoms with Crippen molar-refractivity contribution < 1.29 is 26.4 Å². The third-order valence-electron chi connectivity index (χ3n) is 4.65. The number of aromatic nitrogens is 3. The topological polar surface area (TPSA) is 93.9 Å². The highest BCUT2D eigenvalue weighted by molar-refractivity contribution is 7.91. The van der Waals surface area contributed by atoms with Crippen molar-refractivity contribution in [3.05, 3.63) is 35.7 Å². The van der Waals surface area contributed by atoms with E-state index in [1.807, 2.05) is 13.8 Å². The Hall–Kier alpha value is -2.95. The second-order valence-electron chi connectivity index (χ2n) is 6.80. The lowest BCUT2D eigenvalue weighted by atomic mass is 10.1. The zero-order valence-electron chi connectivity index (χ0n) is 18.6. The molecular formula is C21H25F3N4O3S. The predicted octanol–water partition coefficient (Wildman–Crippen LogP) is 4.74. The quantitative estimate of drug-likeness (QED) is 0.594. The van der Waals surface area contributed by atoms with Gasteiger partial charge in [-0.25, -0.2) is 18.4 Å². The van der Waals surface area contributed by atoms with Crippen LogP contribution in [-0.4, -0.2) is 34.6 Å². The van der Waals surface area contributed by atoms with Gasteiger partial charge in [0.25, 0.3) is 0 Å². The summed E-state index contributed by atoms with van der Waals surface area (Å²) in [6, 6.07) is 3.72. The fraction of sp³-hybridized carbons (Fsp3) is 0.381. The summed E-state index contributed by atoms with van der Waals surface area (Å²) in [5, 5.41) is 2.59. The highest BCUT2D eigenvalue weighted by atomic mass is 32.2. The maximum absolute atomic E-state index is 13.0. The van der Waals surface area contributed by atoms with Crippen LogP contribution in [0.2, 0.25) is 0 Å². The lowest BCUT2D eigenvalue weighted by Gasteiger charge is -2.15. The Labute approximate surface area is 184 Å². The first-order valence-corrected chi connectivity index (χ1v) is 11.6. The lowest BCUT2D eigenvalue weighted by molar-refractivity contribution is -0.141. The molecule has 1 amide bonds. The summed E-state index contributed by atoms with van der Waals surface area (Å²) in [6.45, 7) is 8.46. The number of fused-ring (bicyclic) bond motifs is 1. The third-order valence-corrected chi connectivity index (χ3v) is 6.42. The normalized spacial score (nSPS) is 11.8. The maximum Gasteiger partial charge on any atom is 0.433 e. The summed E-state index contributed by atoms with van der Waals surface area (Å²) in [6.07, 6.45) is -3.57.